The van der Waals surface area contributed by atoms with Crippen molar-refractivity contribution in [2.24, 2.45) is 0 Å². The van der Waals surface area contributed by atoms with Crippen molar-refractivity contribution in [2.45, 2.75) is 13.3 Å². The van der Waals surface area contributed by atoms with Gasteiger partial charge in [0.2, 0.25) is 5.91 Å². The zero-order valence-electron chi connectivity index (χ0n) is 12.3. The largest absolute Gasteiger partial charge is 0.325 e. The maximum absolute atomic E-state index is 11.3. The molecule has 108 valence electrons. The molecule has 0 spiro atoms. The van der Waals surface area contributed by atoms with Crippen molar-refractivity contribution in [1.82, 2.24) is 10.2 Å². The predicted molar refractivity (Wildman–Crippen MR) is 87.2 cm³/mol. The first kappa shape index (κ1) is 12.9. The van der Waals surface area contributed by atoms with E-state index in [-0.39, 0.29) is 5.91 Å². The molecule has 3 heteroatoms. The normalized spacial score (nSPS) is 18.1. The number of nitrogens with zero attached hydrogens (tertiary/aromatic N) is 1. The van der Waals surface area contributed by atoms with Crippen LogP contribution in [0.5, 0.6) is 0 Å². The average Bonchev–Trinajstić information content (AvgIpc) is 2.54. The fourth-order valence-electron chi connectivity index (χ4n) is 3.19. The third kappa shape index (κ3) is 1.94. The second-order valence-electron chi connectivity index (χ2n) is 5.56. The smallest absolute Gasteiger partial charge is 0.221 e. The minimum Gasteiger partial charge on any atom is -0.325 e. The summed E-state index contributed by atoms with van der Waals surface area (Å²) in [7, 11) is 0. The quantitative estimate of drug-likeness (QED) is 0.852. The van der Waals surface area contributed by atoms with Crippen LogP contribution in [0.25, 0.3) is 11.3 Å². The van der Waals surface area contributed by atoms with Crippen LogP contribution in [0.4, 0.5) is 0 Å². The first-order chi connectivity index (χ1) is 10.7. The van der Waals surface area contributed by atoms with Crippen molar-refractivity contribution in [3.63, 3.8) is 0 Å². The molecule has 0 fully saturated rings. The van der Waals surface area contributed by atoms with E-state index in [0.717, 1.165) is 17.8 Å². The molecule has 1 aromatic carbocycles. The summed E-state index contributed by atoms with van der Waals surface area (Å²) in [6.07, 6.45) is 13.4. The van der Waals surface area contributed by atoms with Gasteiger partial charge < -0.3 is 10.2 Å². The van der Waals surface area contributed by atoms with Gasteiger partial charge in [-0.05, 0) is 35.4 Å². The molecule has 0 saturated carbocycles. The van der Waals surface area contributed by atoms with Gasteiger partial charge in [-0.25, -0.2) is 0 Å². The second kappa shape index (κ2) is 4.88. The lowest BCUT2D eigenvalue weighted by Gasteiger charge is -2.33. The molecule has 2 heterocycles. The Morgan fingerprint density at radius 3 is 2.82 bits per heavy atom. The van der Waals surface area contributed by atoms with E-state index in [2.05, 4.69) is 58.8 Å². The number of rotatable bonds is 1. The van der Waals surface area contributed by atoms with E-state index >= 15 is 0 Å². The first-order valence-corrected chi connectivity index (χ1v) is 7.40. The Kier molecular flexibility index (Phi) is 2.86. The van der Waals surface area contributed by atoms with Crippen LogP contribution < -0.4 is 15.8 Å². The van der Waals surface area contributed by atoms with Crippen molar-refractivity contribution < 1.29 is 4.79 Å². The molecule has 0 atom stereocenters. The average molecular weight is 288 g/mol. The maximum Gasteiger partial charge on any atom is 0.221 e. The Labute approximate surface area is 128 Å². The summed E-state index contributed by atoms with van der Waals surface area (Å²) in [6, 6.07) is 8.49. The van der Waals surface area contributed by atoms with Gasteiger partial charge >= 0.3 is 0 Å². The molecular weight excluding hydrogens is 272 g/mol. The van der Waals surface area contributed by atoms with Crippen LogP contribution in [0.2, 0.25) is 0 Å². The number of carbonyl (C=O) groups is 1. The van der Waals surface area contributed by atoms with Gasteiger partial charge in [-0.15, -0.1) is 0 Å². The molecule has 0 saturated heterocycles. The maximum atomic E-state index is 11.3. The van der Waals surface area contributed by atoms with E-state index in [0.29, 0.717) is 0 Å². The zero-order valence-corrected chi connectivity index (χ0v) is 12.3. The van der Waals surface area contributed by atoms with E-state index in [1.807, 2.05) is 12.3 Å². The van der Waals surface area contributed by atoms with Crippen molar-refractivity contribution in [3.05, 3.63) is 82.7 Å². The van der Waals surface area contributed by atoms with Gasteiger partial charge in [0.05, 0.1) is 11.4 Å². The molecule has 0 radical (unpaired) electrons. The summed E-state index contributed by atoms with van der Waals surface area (Å²) < 4.78 is 0. The van der Waals surface area contributed by atoms with Crippen LogP contribution in [0.15, 0.2) is 72.2 Å². The zero-order chi connectivity index (χ0) is 15.1. The molecule has 3 nitrogen and oxygen atoms in total. The molecule has 1 aromatic rings. The van der Waals surface area contributed by atoms with Crippen LogP contribution >= 0.6 is 0 Å². The molecule has 0 bridgehead atoms. The van der Waals surface area contributed by atoms with E-state index in [1.165, 1.54) is 28.6 Å². The molecule has 3 aliphatic rings. The highest BCUT2D eigenvalue weighted by atomic mass is 16.1. The van der Waals surface area contributed by atoms with E-state index in [1.54, 1.807) is 0 Å². The summed E-state index contributed by atoms with van der Waals surface area (Å²) in [5.74, 6) is -0.0570. The minimum absolute atomic E-state index is 0.0570. The number of allylic oxidation sites excluding steroid dienone is 5. The van der Waals surface area contributed by atoms with Crippen LogP contribution in [0, 0.1) is 0 Å². The molecule has 1 aliphatic carbocycles. The highest BCUT2D eigenvalue weighted by Crippen LogP contribution is 2.31. The fourth-order valence-corrected chi connectivity index (χ4v) is 3.19. The monoisotopic (exact) mass is 288 g/mol. The molecule has 0 aromatic heterocycles. The highest BCUT2D eigenvalue weighted by molar-refractivity contribution is 5.80. The summed E-state index contributed by atoms with van der Waals surface area (Å²) >= 11 is 0. The second-order valence-corrected chi connectivity index (χ2v) is 5.56. The van der Waals surface area contributed by atoms with Gasteiger partial charge in [-0.3, -0.25) is 4.79 Å². The third-order valence-electron chi connectivity index (χ3n) is 4.08. The number of hydrogen-bond donors (Lipinski definition) is 1. The molecular formula is C19H16N2O. The number of nitrogens with one attached hydrogen (secondary N) is 1. The predicted octanol–water partition coefficient (Wildman–Crippen LogP) is 1.65. The van der Waals surface area contributed by atoms with Crippen LogP contribution in [-0.4, -0.2) is 10.8 Å². The lowest BCUT2D eigenvalue weighted by molar-refractivity contribution is -0.118. The summed E-state index contributed by atoms with van der Waals surface area (Å²) in [5.41, 5.74) is 4.47. The van der Waals surface area contributed by atoms with E-state index in [9.17, 15) is 4.79 Å². The fraction of sp³-hybridized carbons (Fsp3) is 0.105. The molecule has 1 N–H and O–H groups in total. The Morgan fingerprint density at radius 1 is 1.18 bits per heavy atom. The van der Waals surface area contributed by atoms with Gasteiger partial charge in [0.25, 0.3) is 0 Å². The SMILES string of the molecule is CC(=O)NC1=CN2C3=CC=CCC3=c3ccccc3=C2C=C1. The summed E-state index contributed by atoms with van der Waals surface area (Å²) in [6.45, 7) is 1.53. The van der Waals surface area contributed by atoms with Gasteiger partial charge in [0.1, 0.15) is 0 Å². The standard InChI is InChI=1S/C19H16N2O/c1-13(22)20-14-10-11-19-17-7-3-2-6-15(17)16-8-4-5-9-18(16)21(19)12-14/h2-7,9-12H,8H2,1H3,(H,20,22). The Hall–Kier alpha value is -2.81. The lowest BCUT2D eigenvalue weighted by atomic mass is 9.93. The Morgan fingerprint density at radius 2 is 2.00 bits per heavy atom. The van der Waals surface area contributed by atoms with Gasteiger partial charge in [-0.2, -0.15) is 0 Å². The summed E-state index contributed by atoms with van der Waals surface area (Å²) in [4.78, 5) is 13.5. The molecule has 1 amide bonds. The van der Waals surface area contributed by atoms with Crippen LogP contribution in [-0.2, 0) is 4.79 Å². The van der Waals surface area contributed by atoms with Crippen molar-refractivity contribution in [3.8, 4) is 0 Å². The number of amides is 1. The van der Waals surface area contributed by atoms with E-state index in [4.69, 9.17) is 0 Å². The highest BCUT2D eigenvalue weighted by Gasteiger charge is 2.24. The third-order valence-corrected chi connectivity index (χ3v) is 4.08. The van der Waals surface area contributed by atoms with Crippen LogP contribution in [0.1, 0.15) is 13.3 Å². The minimum atomic E-state index is -0.0570. The molecule has 4 rings (SSSR count). The Balaban J connectivity index is 1.98. The van der Waals surface area contributed by atoms with Crippen LogP contribution in [0.3, 0.4) is 0 Å². The first-order valence-electron chi connectivity index (χ1n) is 7.40. The molecule has 2 aliphatic heterocycles. The number of fused-ring (bicyclic) bond motifs is 4. The topological polar surface area (TPSA) is 32.3 Å². The van der Waals surface area contributed by atoms with Gasteiger partial charge in [-0.1, -0.05) is 36.4 Å². The molecule has 22 heavy (non-hydrogen) atoms. The number of hydrogen-bond acceptors (Lipinski definition) is 2. The lowest BCUT2D eigenvalue weighted by Crippen LogP contribution is -2.40. The summed E-state index contributed by atoms with van der Waals surface area (Å²) in [5, 5.41) is 5.39. The number of carbonyl (C=O) groups excluding carboxylic acids is 1. The Bertz CT molecular complexity index is 913. The van der Waals surface area contributed by atoms with Gasteiger partial charge in [0, 0.05) is 24.0 Å². The number of benzene rings is 1. The van der Waals surface area contributed by atoms with Crippen molar-refractivity contribution in [2.75, 3.05) is 0 Å². The van der Waals surface area contributed by atoms with Gasteiger partial charge in [0.15, 0.2) is 0 Å². The molecule has 0 unspecified atom stereocenters. The van der Waals surface area contributed by atoms with Crippen molar-refractivity contribution >= 4 is 17.2 Å². The van der Waals surface area contributed by atoms with E-state index < -0.39 is 0 Å². The van der Waals surface area contributed by atoms with Crippen molar-refractivity contribution in [1.29, 1.82) is 0 Å².